The van der Waals surface area contributed by atoms with E-state index in [0.29, 0.717) is 43.6 Å². The highest BCUT2D eigenvalue weighted by Crippen LogP contribution is 2.20. The first-order chi connectivity index (χ1) is 10.1. The van der Waals surface area contributed by atoms with Crippen molar-refractivity contribution in [1.29, 1.82) is 0 Å². The second kappa shape index (κ2) is 7.35. The third-order valence-corrected chi connectivity index (χ3v) is 3.86. The number of piperidine rings is 1. The molecule has 2 heterocycles. The summed E-state index contributed by atoms with van der Waals surface area (Å²) in [5.41, 5.74) is 1.57. The van der Waals surface area contributed by atoms with E-state index in [2.05, 4.69) is 15.5 Å². The number of aromatic nitrogens is 2. The molecule has 1 saturated heterocycles. The average molecular weight is 312 g/mol. The minimum Gasteiger partial charge on any atom is -0.449 e. The molecule has 0 bridgehead atoms. The molecule has 21 heavy (non-hydrogen) atoms. The lowest BCUT2D eigenvalue weighted by molar-refractivity contribution is -0.121. The normalized spacial score (nSPS) is 16.0. The van der Waals surface area contributed by atoms with Gasteiger partial charge in [0.25, 0.3) is 0 Å². The van der Waals surface area contributed by atoms with Gasteiger partial charge in [0, 0.05) is 19.0 Å². The van der Waals surface area contributed by atoms with Crippen molar-refractivity contribution < 1.29 is 14.3 Å². The Bertz CT molecular complexity index is 470. The molecule has 1 N–H and O–H groups in total. The zero-order valence-corrected chi connectivity index (χ0v) is 13.1. The number of nitrogens with one attached hydrogen (secondary N) is 1. The Kier molecular flexibility index (Phi) is 5.49. The number of ether oxygens (including phenoxy) is 1. The number of nitrogens with zero attached hydrogens (tertiary/aromatic N) is 3. The minimum atomic E-state index is -0.285. The maximum Gasteiger partial charge on any atom is 0.409 e. The van der Waals surface area contributed by atoms with Gasteiger partial charge in [-0.1, -0.05) is 25.2 Å². The molecule has 1 fully saturated rings. The summed E-state index contributed by atoms with van der Waals surface area (Å²) in [6.07, 6.45) is 0.995. The lowest BCUT2D eigenvalue weighted by Crippen LogP contribution is -2.42. The molecular formula is C13H20N4O3S. The number of anilines is 1. The highest BCUT2D eigenvalue weighted by molar-refractivity contribution is 7.13. The van der Waals surface area contributed by atoms with Crippen LogP contribution in [-0.4, -0.2) is 46.8 Å². The monoisotopic (exact) mass is 312 g/mol. The van der Waals surface area contributed by atoms with E-state index in [1.807, 2.05) is 13.8 Å². The minimum absolute atomic E-state index is 0.0538. The highest BCUT2D eigenvalue weighted by Gasteiger charge is 2.28. The van der Waals surface area contributed by atoms with E-state index < -0.39 is 0 Å². The largest absolute Gasteiger partial charge is 0.449 e. The molecular weight excluding hydrogens is 292 g/mol. The first kappa shape index (κ1) is 15.7. The molecule has 0 saturated carbocycles. The molecule has 0 atom stereocenters. The van der Waals surface area contributed by atoms with Crippen molar-refractivity contribution >= 4 is 28.5 Å². The van der Waals surface area contributed by atoms with Gasteiger partial charge in [0.05, 0.1) is 6.61 Å². The Morgan fingerprint density at radius 3 is 2.76 bits per heavy atom. The zero-order chi connectivity index (χ0) is 15.2. The van der Waals surface area contributed by atoms with Crippen molar-refractivity contribution in [2.75, 3.05) is 25.0 Å². The Morgan fingerprint density at radius 2 is 2.19 bits per heavy atom. The number of carbonyl (C=O) groups excluding carboxylic acids is 2. The van der Waals surface area contributed by atoms with Crippen LogP contribution in [0.5, 0.6) is 0 Å². The molecule has 1 aromatic heterocycles. The summed E-state index contributed by atoms with van der Waals surface area (Å²) in [4.78, 5) is 25.5. The van der Waals surface area contributed by atoms with Crippen LogP contribution in [0.1, 0.15) is 26.7 Å². The number of rotatable bonds is 4. The van der Waals surface area contributed by atoms with Crippen molar-refractivity contribution in [3.8, 4) is 0 Å². The molecule has 0 aromatic carbocycles. The second-order valence-corrected chi connectivity index (χ2v) is 6.30. The molecule has 1 aliphatic rings. The summed E-state index contributed by atoms with van der Waals surface area (Å²) in [6.45, 7) is 5.52. The van der Waals surface area contributed by atoms with Gasteiger partial charge in [-0.15, -0.1) is 10.2 Å². The molecule has 116 valence electrons. The first-order valence-electron chi connectivity index (χ1n) is 7.05. The lowest BCUT2D eigenvalue weighted by Gasteiger charge is -2.30. The summed E-state index contributed by atoms with van der Waals surface area (Å²) >= 11 is 1.29. The topological polar surface area (TPSA) is 84.4 Å². The standard InChI is InChI=1S/C13H20N4O3S/c1-9(2)7-20-13(19)17-5-3-10(4-6-17)11(18)15-12-16-14-8-21-12/h8-10H,3-7H2,1-2H3,(H,15,16,18). The Balaban J connectivity index is 1.75. The van der Waals surface area contributed by atoms with E-state index in [1.165, 1.54) is 11.3 Å². The fourth-order valence-corrected chi connectivity index (χ4v) is 2.54. The Labute approximate surface area is 127 Å². The highest BCUT2D eigenvalue weighted by atomic mass is 32.1. The fraction of sp³-hybridized carbons (Fsp3) is 0.692. The number of amides is 2. The maximum atomic E-state index is 12.1. The lowest BCUT2D eigenvalue weighted by atomic mass is 9.96. The molecule has 0 radical (unpaired) electrons. The molecule has 0 spiro atoms. The van der Waals surface area contributed by atoms with Gasteiger partial charge < -0.3 is 15.0 Å². The molecule has 0 aliphatic carbocycles. The number of hydrogen-bond acceptors (Lipinski definition) is 6. The molecule has 1 aromatic rings. The van der Waals surface area contributed by atoms with E-state index in [0.717, 1.165) is 0 Å². The van der Waals surface area contributed by atoms with Crippen molar-refractivity contribution in [2.24, 2.45) is 11.8 Å². The van der Waals surface area contributed by atoms with Gasteiger partial charge in [-0.25, -0.2) is 4.79 Å². The van der Waals surface area contributed by atoms with Gasteiger partial charge in [-0.3, -0.25) is 4.79 Å². The second-order valence-electron chi connectivity index (χ2n) is 5.47. The molecule has 1 aliphatic heterocycles. The SMILES string of the molecule is CC(C)COC(=O)N1CCC(C(=O)Nc2nncs2)CC1. The van der Waals surface area contributed by atoms with Gasteiger partial charge in [-0.2, -0.15) is 0 Å². The summed E-state index contributed by atoms with van der Waals surface area (Å²) in [5, 5.41) is 10.7. The quantitative estimate of drug-likeness (QED) is 0.919. The molecule has 2 amide bonds. The average Bonchev–Trinajstić information content (AvgIpc) is 2.97. The summed E-state index contributed by atoms with van der Waals surface area (Å²) < 4.78 is 5.19. The van der Waals surface area contributed by atoms with Crippen molar-refractivity contribution in [3.63, 3.8) is 0 Å². The van der Waals surface area contributed by atoms with Gasteiger partial charge in [0.1, 0.15) is 5.51 Å². The van der Waals surface area contributed by atoms with Crippen LogP contribution >= 0.6 is 11.3 Å². The predicted octanol–water partition coefficient (Wildman–Crippen LogP) is 1.98. The van der Waals surface area contributed by atoms with E-state index in [9.17, 15) is 9.59 Å². The van der Waals surface area contributed by atoms with Crippen LogP contribution in [0.4, 0.5) is 9.93 Å². The molecule has 2 rings (SSSR count). The van der Waals surface area contributed by atoms with Crippen molar-refractivity contribution in [3.05, 3.63) is 5.51 Å². The zero-order valence-electron chi connectivity index (χ0n) is 12.2. The predicted molar refractivity (Wildman–Crippen MR) is 79.0 cm³/mol. The van der Waals surface area contributed by atoms with Crippen LogP contribution in [0.15, 0.2) is 5.51 Å². The van der Waals surface area contributed by atoms with Crippen LogP contribution in [0.25, 0.3) is 0 Å². The number of likely N-dealkylation sites (tertiary alicyclic amines) is 1. The molecule has 7 nitrogen and oxygen atoms in total. The maximum absolute atomic E-state index is 12.1. The fourth-order valence-electron chi connectivity index (χ4n) is 2.09. The van der Waals surface area contributed by atoms with Gasteiger partial charge in [0.15, 0.2) is 0 Å². The third-order valence-electron chi connectivity index (χ3n) is 3.25. The van der Waals surface area contributed by atoms with Crippen LogP contribution in [0, 0.1) is 11.8 Å². The van der Waals surface area contributed by atoms with Crippen LogP contribution < -0.4 is 5.32 Å². The summed E-state index contributed by atoms with van der Waals surface area (Å²) in [6, 6.07) is 0. The van der Waals surface area contributed by atoms with Crippen LogP contribution in [-0.2, 0) is 9.53 Å². The van der Waals surface area contributed by atoms with Gasteiger partial charge in [-0.05, 0) is 18.8 Å². The Hall–Kier alpha value is -1.70. The van der Waals surface area contributed by atoms with Crippen LogP contribution in [0.2, 0.25) is 0 Å². The summed E-state index contributed by atoms with van der Waals surface area (Å²) in [7, 11) is 0. The molecule has 8 heteroatoms. The van der Waals surface area contributed by atoms with E-state index in [1.54, 1.807) is 10.4 Å². The third kappa shape index (κ3) is 4.66. The first-order valence-corrected chi connectivity index (χ1v) is 7.93. The van der Waals surface area contributed by atoms with Gasteiger partial charge in [0.2, 0.25) is 11.0 Å². The molecule has 0 unspecified atom stereocenters. The van der Waals surface area contributed by atoms with Gasteiger partial charge >= 0.3 is 6.09 Å². The van der Waals surface area contributed by atoms with E-state index in [4.69, 9.17) is 4.74 Å². The smallest absolute Gasteiger partial charge is 0.409 e. The van der Waals surface area contributed by atoms with Crippen LogP contribution in [0.3, 0.4) is 0 Å². The number of carbonyl (C=O) groups is 2. The number of hydrogen-bond donors (Lipinski definition) is 1. The van der Waals surface area contributed by atoms with E-state index >= 15 is 0 Å². The van der Waals surface area contributed by atoms with Crippen molar-refractivity contribution in [1.82, 2.24) is 15.1 Å². The van der Waals surface area contributed by atoms with Crippen molar-refractivity contribution in [2.45, 2.75) is 26.7 Å². The Morgan fingerprint density at radius 1 is 1.48 bits per heavy atom. The summed E-state index contributed by atoms with van der Waals surface area (Å²) in [5.74, 6) is 0.175. The van der Waals surface area contributed by atoms with E-state index in [-0.39, 0.29) is 17.9 Å².